The Morgan fingerprint density at radius 2 is 1.85 bits per heavy atom. The van der Waals surface area contributed by atoms with Crippen molar-refractivity contribution in [1.29, 1.82) is 0 Å². The van der Waals surface area contributed by atoms with E-state index in [1.807, 2.05) is 6.07 Å². The average molecular weight is 353 g/mol. The minimum atomic E-state index is -0.443. The summed E-state index contributed by atoms with van der Waals surface area (Å²) in [5.41, 5.74) is 2.30. The fourth-order valence-corrected chi connectivity index (χ4v) is 3.07. The molecule has 1 N–H and O–H groups in total. The number of amides is 1. The van der Waals surface area contributed by atoms with Crippen LogP contribution in [-0.2, 0) is 4.74 Å². The molecule has 0 spiro atoms. The number of pyridine rings is 1. The minimum absolute atomic E-state index is 0.311. The molecule has 1 aromatic carbocycles. The maximum atomic E-state index is 12.4. The van der Waals surface area contributed by atoms with Crippen LogP contribution in [0.15, 0.2) is 42.6 Å². The van der Waals surface area contributed by atoms with Crippen molar-refractivity contribution in [3.8, 4) is 0 Å². The Labute approximate surface area is 153 Å². The molecular weight excluding hydrogens is 330 g/mol. The van der Waals surface area contributed by atoms with E-state index in [1.54, 1.807) is 36.5 Å². The molecule has 26 heavy (non-hydrogen) atoms. The zero-order valence-electron chi connectivity index (χ0n) is 14.9. The van der Waals surface area contributed by atoms with Gasteiger partial charge in [-0.05, 0) is 43.2 Å². The van der Waals surface area contributed by atoms with Crippen LogP contribution in [0, 0.1) is 0 Å². The maximum absolute atomic E-state index is 12.4. The molecule has 2 heterocycles. The molecule has 2 aromatic rings. The van der Waals surface area contributed by atoms with E-state index in [-0.39, 0.29) is 5.91 Å². The van der Waals surface area contributed by atoms with E-state index in [2.05, 4.69) is 15.2 Å². The summed E-state index contributed by atoms with van der Waals surface area (Å²) in [5, 5.41) is 2.76. The van der Waals surface area contributed by atoms with Crippen LogP contribution in [0.25, 0.3) is 0 Å². The fraction of sp³-hybridized carbons (Fsp3) is 0.350. The third-order valence-corrected chi connectivity index (χ3v) is 4.49. The summed E-state index contributed by atoms with van der Waals surface area (Å²) < 4.78 is 4.69. The van der Waals surface area contributed by atoms with Gasteiger partial charge in [0, 0.05) is 18.8 Å². The Hall–Kier alpha value is -2.89. The van der Waals surface area contributed by atoms with E-state index < -0.39 is 5.97 Å². The lowest BCUT2D eigenvalue weighted by molar-refractivity contribution is 0.0600. The van der Waals surface area contributed by atoms with E-state index in [0.29, 0.717) is 16.9 Å². The Kier molecular flexibility index (Phi) is 5.84. The van der Waals surface area contributed by atoms with Gasteiger partial charge in [0.2, 0.25) is 0 Å². The topological polar surface area (TPSA) is 71.5 Å². The molecule has 3 rings (SSSR count). The van der Waals surface area contributed by atoms with Crippen molar-refractivity contribution < 1.29 is 14.3 Å². The SMILES string of the molecule is COC(=O)c1cccc(NC(=O)c2ccc(N3CCCCCC3)cn2)c1. The monoisotopic (exact) mass is 353 g/mol. The highest BCUT2D eigenvalue weighted by molar-refractivity contribution is 6.03. The summed E-state index contributed by atoms with van der Waals surface area (Å²) in [6, 6.07) is 10.3. The molecule has 1 amide bonds. The van der Waals surface area contributed by atoms with Crippen LogP contribution in [0.2, 0.25) is 0 Å². The zero-order chi connectivity index (χ0) is 18.4. The lowest BCUT2D eigenvalue weighted by atomic mass is 10.2. The molecule has 6 nitrogen and oxygen atoms in total. The lowest BCUT2D eigenvalue weighted by Gasteiger charge is -2.22. The number of anilines is 2. The number of esters is 1. The van der Waals surface area contributed by atoms with Gasteiger partial charge >= 0.3 is 5.97 Å². The molecule has 1 fully saturated rings. The van der Waals surface area contributed by atoms with E-state index in [1.165, 1.54) is 32.8 Å². The summed E-state index contributed by atoms with van der Waals surface area (Å²) in [7, 11) is 1.32. The molecule has 0 atom stereocenters. The molecule has 0 bridgehead atoms. The number of benzene rings is 1. The molecule has 1 aromatic heterocycles. The Morgan fingerprint density at radius 3 is 2.50 bits per heavy atom. The van der Waals surface area contributed by atoms with Gasteiger partial charge in [-0.3, -0.25) is 4.79 Å². The summed E-state index contributed by atoms with van der Waals surface area (Å²) >= 11 is 0. The number of nitrogens with one attached hydrogen (secondary N) is 1. The molecule has 0 saturated carbocycles. The van der Waals surface area contributed by atoms with Gasteiger partial charge in [-0.25, -0.2) is 9.78 Å². The highest BCUT2D eigenvalue weighted by Crippen LogP contribution is 2.19. The minimum Gasteiger partial charge on any atom is -0.465 e. The van der Waals surface area contributed by atoms with Crippen LogP contribution in [0.4, 0.5) is 11.4 Å². The number of carbonyl (C=O) groups excluding carboxylic acids is 2. The standard InChI is InChI=1S/C20H23N3O3/c1-26-20(25)15-7-6-8-16(13-15)22-19(24)18-10-9-17(14-21-18)23-11-4-2-3-5-12-23/h6-10,13-14H,2-5,11-12H2,1H3,(H,22,24). The molecule has 136 valence electrons. The second-order valence-electron chi connectivity index (χ2n) is 6.33. The zero-order valence-corrected chi connectivity index (χ0v) is 14.9. The quantitative estimate of drug-likeness (QED) is 0.852. The van der Waals surface area contributed by atoms with Crippen LogP contribution < -0.4 is 10.2 Å². The second kappa shape index (κ2) is 8.47. The molecular formula is C20H23N3O3. The van der Waals surface area contributed by atoms with Crippen molar-refractivity contribution >= 4 is 23.3 Å². The van der Waals surface area contributed by atoms with Gasteiger partial charge in [0.1, 0.15) is 5.69 Å². The van der Waals surface area contributed by atoms with Crippen molar-refractivity contribution in [2.24, 2.45) is 0 Å². The van der Waals surface area contributed by atoms with Crippen molar-refractivity contribution in [3.05, 3.63) is 53.9 Å². The molecule has 0 unspecified atom stereocenters. The first kappa shape index (κ1) is 17.9. The predicted octanol–water partition coefficient (Wildman–Crippen LogP) is 3.50. The van der Waals surface area contributed by atoms with Gasteiger partial charge in [0.05, 0.1) is 24.6 Å². The smallest absolute Gasteiger partial charge is 0.337 e. The Balaban J connectivity index is 1.67. The first-order valence-corrected chi connectivity index (χ1v) is 8.88. The van der Waals surface area contributed by atoms with Crippen molar-refractivity contribution in [3.63, 3.8) is 0 Å². The number of hydrogen-bond donors (Lipinski definition) is 1. The predicted molar refractivity (Wildman–Crippen MR) is 101 cm³/mol. The average Bonchev–Trinajstić information content (AvgIpc) is 2.97. The van der Waals surface area contributed by atoms with Crippen LogP contribution in [0.1, 0.15) is 46.5 Å². The van der Waals surface area contributed by atoms with Gasteiger partial charge in [0.25, 0.3) is 5.91 Å². The van der Waals surface area contributed by atoms with E-state index in [0.717, 1.165) is 18.8 Å². The Bertz CT molecular complexity index is 766. The van der Waals surface area contributed by atoms with Crippen LogP contribution >= 0.6 is 0 Å². The highest BCUT2D eigenvalue weighted by atomic mass is 16.5. The van der Waals surface area contributed by atoms with E-state index in [4.69, 9.17) is 4.74 Å². The lowest BCUT2D eigenvalue weighted by Crippen LogP contribution is -2.24. The molecule has 1 saturated heterocycles. The normalized spacial score (nSPS) is 14.4. The summed E-state index contributed by atoms with van der Waals surface area (Å²) in [5.74, 6) is -0.754. The molecule has 1 aliphatic rings. The number of hydrogen-bond acceptors (Lipinski definition) is 5. The van der Waals surface area contributed by atoms with Crippen LogP contribution in [0.3, 0.4) is 0 Å². The molecule has 6 heteroatoms. The number of methoxy groups -OCH3 is 1. The van der Waals surface area contributed by atoms with Gasteiger partial charge < -0.3 is 15.0 Å². The van der Waals surface area contributed by atoms with Crippen molar-refractivity contribution in [2.75, 3.05) is 30.4 Å². The van der Waals surface area contributed by atoms with Gasteiger partial charge in [0.15, 0.2) is 0 Å². The van der Waals surface area contributed by atoms with Crippen molar-refractivity contribution in [2.45, 2.75) is 25.7 Å². The number of ether oxygens (including phenoxy) is 1. The van der Waals surface area contributed by atoms with Crippen molar-refractivity contribution in [1.82, 2.24) is 4.98 Å². The van der Waals surface area contributed by atoms with Crippen LogP contribution in [0.5, 0.6) is 0 Å². The first-order valence-electron chi connectivity index (χ1n) is 8.88. The summed E-state index contributed by atoms with van der Waals surface area (Å²) in [6.07, 6.45) is 6.69. The molecule has 0 aliphatic carbocycles. The Morgan fingerprint density at radius 1 is 1.08 bits per heavy atom. The number of aromatic nitrogens is 1. The maximum Gasteiger partial charge on any atom is 0.337 e. The third-order valence-electron chi connectivity index (χ3n) is 4.49. The summed E-state index contributed by atoms with van der Waals surface area (Å²) in [4.78, 5) is 30.6. The summed E-state index contributed by atoms with van der Waals surface area (Å²) in [6.45, 7) is 2.07. The van der Waals surface area contributed by atoms with Gasteiger partial charge in [-0.2, -0.15) is 0 Å². The van der Waals surface area contributed by atoms with E-state index >= 15 is 0 Å². The number of rotatable bonds is 4. The van der Waals surface area contributed by atoms with Gasteiger partial charge in [-0.15, -0.1) is 0 Å². The number of nitrogens with zero attached hydrogens (tertiary/aromatic N) is 2. The molecule has 1 aliphatic heterocycles. The number of carbonyl (C=O) groups is 2. The fourth-order valence-electron chi connectivity index (χ4n) is 3.07. The molecule has 0 radical (unpaired) electrons. The largest absolute Gasteiger partial charge is 0.465 e. The van der Waals surface area contributed by atoms with Gasteiger partial charge in [-0.1, -0.05) is 18.9 Å². The van der Waals surface area contributed by atoms with E-state index in [9.17, 15) is 9.59 Å². The third kappa shape index (κ3) is 4.39. The second-order valence-corrected chi connectivity index (χ2v) is 6.33. The highest BCUT2D eigenvalue weighted by Gasteiger charge is 2.13. The van der Waals surface area contributed by atoms with Crippen LogP contribution in [-0.4, -0.2) is 37.1 Å². The first-order chi connectivity index (χ1) is 12.7.